The third kappa shape index (κ3) is 4.37. The number of nitrogens with two attached hydrogens (primary N) is 1. The Balaban J connectivity index is 1.81. The van der Waals surface area contributed by atoms with Gasteiger partial charge in [0.15, 0.2) is 0 Å². The van der Waals surface area contributed by atoms with E-state index in [9.17, 15) is 18.0 Å². The van der Waals surface area contributed by atoms with Gasteiger partial charge in [0.1, 0.15) is 0 Å². The lowest BCUT2D eigenvalue weighted by atomic mass is 9.54. The van der Waals surface area contributed by atoms with E-state index in [1.807, 2.05) is 30.3 Å². The molecule has 2 aromatic rings. The molecule has 3 N–H and O–H groups in total. The fourth-order valence-corrected chi connectivity index (χ4v) is 4.34. The third-order valence-electron chi connectivity index (χ3n) is 5.88. The molecular weight excluding hydrogens is 393 g/mol. The second-order valence-electron chi connectivity index (χ2n) is 8.32. The summed E-state index contributed by atoms with van der Waals surface area (Å²) in [5, 5.41) is 2.60. The Labute approximate surface area is 174 Å². The molecule has 7 heteroatoms. The van der Waals surface area contributed by atoms with Crippen LogP contribution in [0.15, 0.2) is 48.5 Å². The molecule has 1 fully saturated rings. The lowest BCUT2D eigenvalue weighted by Crippen LogP contribution is -2.68. The molecule has 2 aromatic carbocycles. The van der Waals surface area contributed by atoms with Crippen molar-refractivity contribution in [2.75, 3.05) is 13.7 Å². The maximum atomic E-state index is 13.2. The van der Waals surface area contributed by atoms with Gasteiger partial charge in [-0.3, -0.25) is 4.79 Å². The van der Waals surface area contributed by atoms with Crippen molar-refractivity contribution in [1.82, 2.24) is 5.32 Å². The van der Waals surface area contributed by atoms with Gasteiger partial charge in [-0.1, -0.05) is 42.0 Å². The summed E-state index contributed by atoms with van der Waals surface area (Å²) in [5.41, 5.74) is 6.15. The maximum absolute atomic E-state index is 13.2. The molecule has 0 unspecified atom stereocenters. The highest BCUT2D eigenvalue weighted by atomic mass is 19.4. The molecule has 0 aliphatic heterocycles. The summed E-state index contributed by atoms with van der Waals surface area (Å²) in [4.78, 5) is 12.2. The van der Waals surface area contributed by atoms with Crippen LogP contribution in [0, 0.1) is 6.92 Å². The lowest BCUT2D eigenvalue weighted by molar-refractivity contribution is -0.137. The van der Waals surface area contributed by atoms with E-state index in [2.05, 4.69) is 5.32 Å². The van der Waals surface area contributed by atoms with Crippen LogP contribution >= 0.6 is 0 Å². The van der Waals surface area contributed by atoms with Gasteiger partial charge in [-0.05, 0) is 49.9 Å². The minimum absolute atomic E-state index is 0.226. The van der Waals surface area contributed by atoms with Gasteiger partial charge < -0.3 is 15.8 Å². The second-order valence-corrected chi connectivity index (χ2v) is 8.32. The third-order valence-corrected chi connectivity index (χ3v) is 5.88. The standard InChI is InChI=1S/C23H27F3N2O2/c1-15-9-17(11-19(10-15)23(24,25)26)16(2)30-14-21(18-7-5-4-6-8-18)12-22(27,13-21)20(29)28-3/h4-11,16H,12-14,27H2,1-3H3,(H,28,29)/t16-,21?,22?/m1/s1. The van der Waals surface area contributed by atoms with Crippen molar-refractivity contribution in [2.24, 2.45) is 5.73 Å². The summed E-state index contributed by atoms with van der Waals surface area (Å²) in [7, 11) is 1.55. The number of benzene rings is 2. The van der Waals surface area contributed by atoms with E-state index >= 15 is 0 Å². The number of ether oxygens (including phenoxy) is 1. The summed E-state index contributed by atoms with van der Waals surface area (Å²) in [5.74, 6) is -0.226. The van der Waals surface area contributed by atoms with E-state index in [1.165, 1.54) is 0 Å². The molecule has 30 heavy (non-hydrogen) atoms. The Hall–Kier alpha value is -2.38. The SMILES string of the molecule is CNC(=O)C1(N)CC(CO[C@H](C)c2cc(C)cc(C(F)(F)F)c2)(c2ccccc2)C1. The average molecular weight is 420 g/mol. The average Bonchev–Trinajstić information content (AvgIpc) is 2.68. The zero-order valence-corrected chi connectivity index (χ0v) is 17.3. The summed E-state index contributed by atoms with van der Waals surface area (Å²) in [6, 6.07) is 13.6. The molecule has 0 aromatic heterocycles. The zero-order valence-electron chi connectivity index (χ0n) is 17.3. The van der Waals surface area contributed by atoms with Crippen molar-refractivity contribution < 1.29 is 22.7 Å². The molecule has 162 valence electrons. The van der Waals surface area contributed by atoms with Gasteiger partial charge in [0.2, 0.25) is 5.91 Å². The van der Waals surface area contributed by atoms with E-state index in [0.717, 1.165) is 17.7 Å². The van der Waals surface area contributed by atoms with Gasteiger partial charge in [0.05, 0.1) is 23.8 Å². The molecule has 0 heterocycles. The van der Waals surface area contributed by atoms with Crippen LogP contribution in [0.5, 0.6) is 0 Å². The second kappa shape index (κ2) is 8.04. The zero-order chi connectivity index (χ0) is 22.2. The van der Waals surface area contributed by atoms with Crippen LogP contribution in [0.25, 0.3) is 0 Å². The summed E-state index contributed by atoms with van der Waals surface area (Å²) >= 11 is 0. The van der Waals surface area contributed by atoms with Gasteiger partial charge in [-0.2, -0.15) is 13.2 Å². The molecule has 0 saturated heterocycles. The Bertz CT molecular complexity index is 906. The fourth-order valence-electron chi connectivity index (χ4n) is 4.34. The molecule has 1 atom stereocenters. The number of rotatable bonds is 6. The Morgan fingerprint density at radius 2 is 1.83 bits per heavy atom. The first-order valence-electron chi connectivity index (χ1n) is 9.86. The minimum atomic E-state index is -4.41. The number of nitrogens with one attached hydrogen (secondary N) is 1. The Kier molecular flexibility index (Phi) is 5.98. The van der Waals surface area contributed by atoms with E-state index in [0.29, 0.717) is 24.0 Å². The monoisotopic (exact) mass is 420 g/mol. The van der Waals surface area contributed by atoms with E-state index < -0.39 is 28.8 Å². The first-order chi connectivity index (χ1) is 14.0. The van der Waals surface area contributed by atoms with Crippen molar-refractivity contribution in [2.45, 2.75) is 49.9 Å². The number of aryl methyl sites for hydroxylation is 1. The van der Waals surface area contributed by atoms with Crippen LogP contribution in [0.2, 0.25) is 0 Å². The number of hydrogen-bond donors (Lipinski definition) is 2. The number of hydrogen-bond acceptors (Lipinski definition) is 3. The van der Waals surface area contributed by atoms with Crippen LogP contribution in [0.4, 0.5) is 13.2 Å². The van der Waals surface area contributed by atoms with Gasteiger partial charge >= 0.3 is 6.18 Å². The normalized spacial score (nSPS) is 24.8. The molecule has 0 bridgehead atoms. The van der Waals surface area contributed by atoms with Crippen molar-refractivity contribution in [3.05, 3.63) is 70.8 Å². The highest BCUT2D eigenvalue weighted by molar-refractivity contribution is 5.87. The van der Waals surface area contributed by atoms with Crippen molar-refractivity contribution in [3.63, 3.8) is 0 Å². The highest BCUT2D eigenvalue weighted by Gasteiger charge is 2.57. The summed E-state index contributed by atoms with van der Waals surface area (Å²) in [6.07, 6.45) is -4.15. The van der Waals surface area contributed by atoms with Crippen molar-refractivity contribution in [1.29, 1.82) is 0 Å². The van der Waals surface area contributed by atoms with Gasteiger partial charge in [0.25, 0.3) is 0 Å². The van der Waals surface area contributed by atoms with E-state index in [1.54, 1.807) is 27.0 Å². The summed E-state index contributed by atoms with van der Waals surface area (Å²) in [6.45, 7) is 3.62. The smallest absolute Gasteiger partial charge is 0.373 e. The lowest BCUT2D eigenvalue weighted by Gasteiger charge is -2.53. The van der Waals surface area contributed by atoms with Gasteiger partial charge in [-0.25, -0.2) is 0 Å². The van der Waals surface area contributed by atoms with Gasteiger partial charge in [-0.15, -0.1) is 0 Å². The Morgan fingerprint density at radius 3 is 2.40 bits per heavy atom. The predicted octanol–water partition coefficient (Wildman–Crippen LogP) is 4.27. The number of amides is 1. The fraction of sp³-hybridized carbons (Fsp3) is 0.435. The number of carbonyl (C=O) groups is 1. The quantitative estimate of drug-likeness (QED) is 0.734. The van der Waals surface area contributed by atoms with Crippen LogP contribution in [0.3, 0.4) is 0 Å². The molecule has 1 amide bonds. The Morgan fingerprint density at radius 1 is 1.20 bits per heavy atom. The molecular formula is C23H27F3N2O2. The molecule has 1 aliphatic rings. The first-order valence-corrected chi connectivity index (χ1v) is 9.86. The topological polar surface area (TPSA) is 64.4 Å². The largest absolute Gasteiger partial charge is 0.416 e. The van der Waals surface area contributed by atoms with Crippen molar-refractivity contribution in [3.8, 4) is 0 Å². The molecule has 3 rings (SSSR count). The molecule has 0 spiro atoms. The first kappa shape index (κ1) is 22.3. The van der Waals surface area contributed by atoms with E-state index in [-0.39, 0.29) is 12.5 Å². The summed E-state index contributed by atoms with van der Waals surface area (Å²) < 4.78 is 45.6. The highest BCUT2D eigenvalue weighted by Crippen LogP contribution is 2.50. The van der Waals surface area contributed by atoms with Crippen LogP contribution < -0.4 is 11.1 Å². The van der Waals surface area contributed by atoms with Crippen LogP contribution in [-0.2, 0) is 21.1 Å². The number of halogens is 3. The molecule has 1 aliphatic carbocycles. The van der Waals surface area contributed by atoms with E-state index in [4.69, 9.17) is 10.5 Å². The number of likely N-dealkylation sites (N-methyl/N-ethyl adjacent to an activating group) is 1. The van der Waals surface area contributed by atoms with Crippen molar-refractivity contribution >= 4 is 5.91 Å². The predicted molar refractivity (Wildman–Crippen MR) is 109 cm³/mol. The maximum Gasteiger partial charge on any atom is 0.416 e. The van der Waals surface area contributed by atoms with Crippen LogP contribution in [0.1, 0.15) is 48.1 Å². The molecule has 4 nitrogen and oxygen atoms in total. The number of alkyl halides is 3. The minimum Gasteiger partial charge on any atom is -0.373 e. The number of carbonyl (C=O) groups excluding carboxylic acids is 1. The van der Waals surface area contributed by atoms with Gasteiger partial charge in [0, 0.05) is 12.5 Å². The molecule has 1 saturated carbocycles. The molecule has 0 radical (unpaired) electrons. The van der Waals surface area contributed by atoms with Crippen LogP contribution in [-0.4, -0.2) is 25.1 Å².